The summed E-state index contributed by atoms with van der Waals surface area (Å²) in [4.78, 5) is 10.4. The molecule has 0 saturated carbocycles. The molecule has 1 aromatic carbocycles. The van der Waals surface area contributed by atoms with Crippen LogP contribution in [-0.4, -0.2) is 36.4 Å². The average Bonchev–Trinajstić information content (AvgIpc) is 2.29. The van der Waals surface area contributed by atoms with Crippen LogP contribution in [-0.2, 0) is 11.3 Å². The third kappa shape index (κ3) is 4.69. The topological polar surface area (TPSA) is 84.6 Å². The Balaban J connectivity index is 2.60. The summed E-state index contributed by atoms with van der Waals surface area (Å²) in [5.41, 5.74) is 0.630. The predicted molar refractivity (Wildman–Crippen MR) is 70.4 cm³/mol. The predicted octanol–water partition coefficient (Wildman–Crippen LogP) is 1.45. The zero-order chi connectivity index (χ0) is 13.5. The third-order valence-electron chi connectivity index (χ3n) is 2.29. The van der Waals surface area contributed by atoms with Crippen LogP contribution in [0.4, 0.5) is 5.69 Å². The monoisotopic (exact) mass is 318 g/mol. The van der Waals surface area contributed by atoms with Gasteiger partial charge in [0.2, 0.25) is 0 Å². The van der Waals surface area contributed by atoms with Crippen molar-refractivity contribution < 1.29 is 14.8 Å². The standard InChI is InChI=1S/C11H15BrN2O4/c1-18-7-10(15)6-13-5-8-4-9(12)2-3-11(8)14(16)17/h2-4,10,13,15H,5-7H2,1H3. The third-order valence-corrected chi connectivity index (χ3v) is 2.79. The molecule has 0 radical (unpaired) electrons. The summed E-state index contributed by atoms with van der Waals surface area (Å²) in [5.74, 6) is 0. The summed E-state index contributed by atoms with van der Waals surface area (Å²) in [6, 6.07) is 4.77. The molecule has 100 valence electrons. The van der Waals surface area contributed by atoms with E-state index in [0.29, 0.717) is 18.7 Å². The van der Waals surface area contributed by atoms with E-state index in [2.05, 4.69) is 21.2 Å². The number of aliphatic hydroxyl groups is 1. The largest absolute Gasteiger partial charge is 0.389 e. The van der Waals surface area contributed by atoms with Gasteiger partial charge >= 0.3 is 0 Å². The first-order chi connectivity index (χ1) is 8.54. The van der Waals surface area contributed by atoms with E-state index < -0.39 is 11.0 Å². The first kappa shape index (κ1) is 15.0. The van der Waals surface area contributed by atoms with E-state index in [0.717, 1.165) is 4.47 Å². The second kappa shape index (κ2) is 7.42. The summed E-state index contributed by atoms with van der Waals surface area (Å²) in [5, 5.41) is 23.2. The number of benzene rings is 1. The highest BCUT2D eigenvalue weighted by molar-refractivity contribution is 9.10. The molecule has 1 atom stereocenters. The number of nitro groups is 1. The van der Waals surface area contributed by atoms with Crippen LogP contribution >= 0.6 is 15.9 Å². The van der Waals surface area contributed by atoms with Crippen molar-refractivity contribution in [2.45, 2.75) is 12.6 Å². The minimum absolute atomic E-state index is 0.0620. The fourth-order valence-corrected chi connectivity index (χ4v) is 1.91. The van der Waals surface area contributed by atoms with E-state index in [4.69, 9.17) is 4.74 Å². The van der Waals surface area contributed by atoms with Crippen LogP contribution in [0, 0.1) is 10.1 Å². The summed E-state index contributed by atoms with van der Waals surface area (Å²) in [6.45, 7) is 0.863. The molecular weight excluding hydrogens is 304 g/mol. The smallest absolute Gasteiger partial charge is 0.273 e. The zero-order valence-electron chi connectivity index (χ0n) is 9.93. The first-order valence-corrected chi connectivity index (χ1v) is 6.14. The van der Waals surface area contributed by atoms with Crippen LogP contribution in [0.2, 0.25) is 0 Å². The van der Waals surface area contributed by atoms with Crippen LogP contribution in [0.5, 0.6) is 0 Å². The molecule has 0 amide bonds. The van der Waals surface area contributed by atoms with E-state index in [9.17, 15) is 15.2 Å². The van der Waals surface area contributed by atoms with Crippen LogP contribution in [0.15, 0.2) is 22.7 Å². The Kier molecular flexibility index (Phi) is 6.20. The van der Waals surface area contributed by atoms with E-state index in [1.165, 1.54) is 13.2 Å². The molecule has 0 saturated heterocycles. The van der Waals surface area contributed by atoms with E-state index >= 15 is 0 Å². The molecule has 0 aromatic heterocycles. The number of rotatable bonds is 7. The second-order valence-corrected chi connectivity index (χ2v) is 4.69. The van der Waals surface area contributed by atoms with Gasteiger partial charge in [-0.1, -0.05) is 15.9 Å². The van der Waals surface area contributed by atoms with Crippen molar-refractivity contribution in [1.29, 1.82) is 0 Å². The zero-order valence-corrected chi connectivity index (χ0v) is 11.5. The molecule has 18 heavy (non-hydrogen) atoms. The van der Waals surface area contributed by atoms with Crippen molar-refractivity contribution in [1.82, 2.24) is 5.32 Å². The van der Waals surface area contributed by atoms with Gasteiger partial charge in [-0.25, -0.2) is 0 Å². The van der Waals surface area contributed by atoms with Crippen molar-refractivity contribution in [2.24, 2.45) is 0 Å². The minimum Gasteiger partial charge on any atom is -0.389 e. The van der Waals surface area contributed by atoms with Gasteiger partial charge in [0.25, 0.3) is 5.69 Å². The van der Waals surface area contributed by atoms with Crippen molar-refractivity contribution in [2.75, 3.05) is 20.3 Å². The van der Waals surface area contributed by atoms with Gasteiger partial charge in [0, 0.05) is 36.3 Å². The van der Waals surface area contributed by atoms with Gasteiger partial charge in [-0.3, -0.25) is 10.1 Å². The Morgan fingerprint density at radius 3 is 2.94 bits per heavy atom. The molecular formula is C11H15BrN2O4. The lowest BCUT2D eigenvalue weighted by atomic mass is 10.2. The van der Waals surface area contributed by atoms with Crippen molar-refractivity contribution in [3.8, 4) is 0 Å². The fourth-order valence-electron chi connectivity index (χ4n) is 1.50. The van der Waals surface area contributed by atoms with Crippen molar-refractivity contribution in [3.63, 3.8) is 0 Å². The van der Waals surface area contributed by atoms with Gasteiger partial charge in [-0.05, 0) is 12.1 Å². The van der Waals surface area contributed by atoms with E-state index in [1.54, 1.807) is 12.1 Å². The molecule has 1 rings (SSSR count). The number of nitro benzene ring substituents is 1. The summed E-state index contributed by atoms with van der Waals surface area (Å²) < 4.78 is 5.56. The maximum atomic E-state index is 10.8. The number of hydrogen-bond donors (Lipinski definition) is 2. The number of methoxy groups -OCH3 is 1. The summed E-state index contributed by atoms with van der Waals surface area (Å²) in [7, 11) is 1.50. The lowest BCUT2D eigenvalue weighted by Crippen LogP contribution is -2.29. The second-order valence-electron chi connectivity index (χ2n) is 3.77. The molecule has 2 N–H and O–H groups in total. The maximum Gasteiger partial charge on any atom is 0.273 e. The average molecular weight is 319 g/mol. The number of aliphatic hydroxyl groups excluding tert-OH is 1. The minimum atomic E-state index is -0.624. The van der Waals surface area contributed by atoms with Gasteiger partial charge in [-0.2, -0.15) is 0 Å². The van der Waals surface area contributed by atoms with Crippen LogP contribution in [0.1, 0.15) is 5.56 Å². The highest BCUT2D eigenvalue weighted by Crippen LogP contribution is 2.22. The lowest BCUT2D eigenvalue weighted by molar-refractivity contribution is -0.385. The molecule has 0 heterocycles. The number of ether oxygens (including phenoxy) is 1. The molecule has 6 nitrogen and oxygen atoms in total. The number of hydrogen-bond acceptors (Lipinski definition) is 5. The Bertz CT molecular complexity index is 414. The molecule has 0 aliphatic carbocycles. The molecule has 1 aromatic rings. The normalized spacial score (nSPS) is 12.4. The quantitative estimate of drug-likeness (QED) is 0.587. The Morgan fingerprint density at radius 2 is 2.33 bits per heavy atom. The first-order valence-electron chi connectivity index (χ1n) is 5.35. The molecule has 0 bridgehead atoms. The summed E-state index contributed by atoms with van der Waals surface area (Å²) in [6.07, 6.45) is -0.624. The molecule has 0 aliphatic rings. The van der Waals surface area contributed by atoms with Crippen LogP contribution < -0.4 is 5.32 Å². The van der Waals surface area contributed by atoms with Gasteiger partial charge in [-0.15, -0.1) is 0 Å². The number of nitrogens with one attached hydrogen (secondary N) is 1. The van der Waals surface area contributed by atoms with Crippen LogP contribution in [0.3, 0.4) is 0 Å². The van der Waals surface area contributed by atoms with Gasteiger partial charge in [0.05, 0.1) is 17.6 Å². The molecule has 7 heteroatoms. The van der Waals surface area contributed by atoms with E-state index in [-0.39, 0.29) is 12.3 Å². The molecule has 0 spiro atoms. The van der Waals surface area contributed by atoms with Crippen molar-refractivity contribution in [3.05, 3.63) is 38.3 Å². The summed E-state index contributed by atoms with van der Waals surface area (Å²) >= 11 is 3.27. The van der Waals surface area contributed by atoms with Gasteiger partial charge in [0.1, 0.15) is 0 Å². The number of halogens is 1. The maximum absolute atomic E-state index is 10.8. The Labute approximate surface area is 113 Å². The van der Waals surface area contributed by atoms with E-state index in [1.807, 2.05) is 0 Å². The highest BCUT2D eigenvalue weighted by atomic mass is 79.9. The molecule has 1 unspecified atom stereocenters. The molecule has 0 aliphatic heterocycles. The fraction of sp³-hybridized carbons (Fsp3) is 0.455. The van der Waals surface area contributed by atoms with Gasteiger partial charge < -0.3 is 15.2 Å². The van der Waals surface area contributed by atoms with Crippen molar-refractivity contribution >= 4 is 21.6 Å². The van der Waals surface area contributed by atoms with Gasteiger partial charge in [0.15, 0.2) is 0 Å². The Hall–Kier alpha value is -1.02. The SMILES string of the molecule is COCC(O)CNCc1cc(Br)ccc1[N+](=O)[O-]. The Morgan fingerprint density at radius 1 is 1.61 bits per heavy atom. The lowest BCUT2D eigenvalue weighted by Gasteiger charge is -2.11. The molecule has 0 fully saturated rings. The highest BCUT2D eigenvalue weighted by Gasteiger charge is 2.13. The number of nitrogens with zero attached hydrogens (tertiary/aromatic N) is 1. The van der Waals surface area contributed by atoms with Crippen LogP contribution in [0.25, 0.3) is 0 Å².